The lowest BCUT2D eigenvalue weighted by atomic mass is 9.87. The first-order chi connectivity index (χ1) is 15.9. The van der Waals surface area contributed by atoms with Gasteiger partial charge in [0.1, 0.15) is 17.0 Å². The molecule has 0 radical (unpaired) electrons. The van der Waals surface area contributed by atoms with Gasteiger partial charge < -0.3 is 4.42 Å². The molecular weight excluding hydrogens is 406 g/mol. The van der Waals surface area contributed by atoms with Crippen LogP contribution in [0, 0.1) is 6.92 Å². The Bertz CT molecular complexity index is 1650. The van der Waals surface area contributed by atoms with Crippen LogP contribution in [-0.2, 0) is 5.41 Å². The fraction of sp³-hybridized carbons (Fsp3) is 0.172. The highest BCUT2D eigenvalue weighted by Gasteiger charge is 2.18. The second-order valence-corrected chi connectivity index (χ2v) is 9.69. The molecule has 3 aromatic heterocycles. The third-order valence-corrected chi connectivity index (χ3v) is 6.30. The van der Waals surface area contributed by atoms with Crippen molar-refractivity contribution in [3.05, 3.63) is 90.3 Å². The number of para-hydroxylation sites is 1. The Hall–Kier alpha value is -3.92. The van der Waals surface area contributed by atoms with Crippen LogP contribution >= 0.6 is 0 Å². The van der Waals surface area contributed by atoms with Crippen LogP contribution < -0.4 is 0 Å². The fourth-order valence-corrected chi connectivity index (χ4v) is 4.51. The number of rotatable bonds is 2. The Morgan fingerprint density at radius 3 is 2.36 bits per heavy atom. The van der Waals surface area contributed by atoms with Crippen molar-refractivity contribution in [3.8, 4) is 17.1 Å². The average molecular weight is 432 g/mol. The second kappa shape index (κ2) is 7.04. The zero-order chi connectivity index (χ0) is 22.7. The Morgan fingerprint density at radius 2 is 1.58 bits per heavy atom. The highest BCUT2D eigenvalue weighted by Crippen LogP contribution is 2.35. The molecular formula is C29H25N3O. The molecule has 6 rings (SSSR count). The summed E-state index contributed by atoms with van der Waals surface area (Å²) in [6.07, 6.45) is 1.92. The lowest BCUT2D eigenvalue weighted by Crippen LogP contribution is -2.11. The summed E-state index contributed by atoms with van der Waals surface area (Å²) < 4.78 is 8.25. The fourth-order valence-electron chi connectivity index (χ4n) is 4.51. The Balaban J connectivity index is 1.60. The molecule has 6 aromatic rings. The van der Waals surface area contributed by atoms with Gasteiger partial charge in [-0.05, 0) is 60.4 Å². The third-order valence-electron chi connectivity index (χ3n) is 6.30. The predicted molar refractivity (Wildman–Crippen MR) is 135 cm³/mol. The maximum atomic E-state index is 6.04. The number of furan rings is 1. The first-order valence-corrected chi connectivity index (χ1v) is 11.3. The number of aryl methyl sites for hydroxylation is 1. The lowest BCUT2D eigenvalue weighted by Gasteiger charge is -2.19. The van der Waals surface area contributed by atoms with Crippen LogP contribution in [0.4, 0.5) is 0 Å². The van der Waals surface area contributed by atoms with Crippen LogP contribution in [0.15, 0.2) is 83.4 Å². The van der Waals surface area contributed by atoms with Crippen LogP contribution in [0.2, 0.25) is 0 Å². The van der Waals surface area contributed by atoms with E-state index in [0.717, 1.165) is 55.7 Å². The highest BCUT2D eigenvalue weighted by molar-refractivity contribution is 6.06. The molecule has 0 unspecified atom stereocenters. The molecule has 4 nitrogen and oxygen atoms in total. The van der Waals surface area contributed by atoms with E-state index in [1.54, 1.807) is 0 Å². The summed E-state index contributed by atoms with van der Waals surface area (Å²) in [6.45, 7) is 8.70. The van der Waals surface area contributed by atoms with E-state index in [9.17, 15) is 0 Å². The van der Waals surface area contributed by atoms with Gasteiger partial charge in [-0.25, -0.2) is 4.98 Å². The van der Waals surface area contributed by atoms with Crippen molar-refractivity contribution in [2.75, 3.05) is 0 Å². The molecule has 0 saturated carbocycles. The van der Waals surface area contributed by atoms with E-state index in [1.807, 2.05) is 43.5 Å². The van der Waals surface area contributed by atoms with Crippen molar-refractivity contribution in [1.82, 2.24) is 14.5 Å². The van der Waals surface area contributed by atoms with Gasteiger partial charge in [0, 0.05) is 27.7 Å². The van der Waals surface area contributed by atoms with E-state index < -0.39 is 0 Å². The van der Waals surface area contributed by atoms with Crippen LogP contribution in [0.25, 0.3) is 50.0 Å². The summed E-state index contributed by atoms with van der Waals surface area (Å²) in [5.74, 6) is 0.896. The Kier molecular flexibility index (Phi) is 4.21. The van der Waals surface area contributed by atoms with Gasteiger partial charge in [-0.2, -0.15) is 0 Å². The molecule has 0 amide bonds. The van der Waals surface area contributed by atoms with Crippen molar-refractivity contribution in [2.24, 2.45) is 0 Å². The molecule has 4 heteroatoms. The molecule has 0 bridgehead atoms. The zero-order valence-electron chi connectivity index (χ0n) is 19.3. The smallest absolute Gasteiger partial charge is 0.145 e. The number of aromatic nitrogens is 3. The van der Waals surface area contributed by atoms with E-state index in [4.69, 9.17) is 9.40 Å². The summed E-state index contributed by atoms with van der Waals surface area (Å²) in [6, 6.07) is 25.3. The molecule has 162 valence electrons. The van der Waals surface area contributed by atoms with Crippen LogP contribution in [0.3, 0.4) is 0 Å². The van der Waals surface area contributed by atoms with Gasteiger partial charge in [0.15, 0.2) is 0 Å². The summed E-state index contributed by atoms with van der Waals surface area (Å²) in [4.78, 5) is 9.62. The first kappa shape index (κ1) is 19.7. The van der Waals surface area contributed by atoms with Gasteiger partial charge in [0.25, 0.3) is 0 Å². The minimum absolute atomic E-state index is 0.102. The quantitative estimate of drug-likeness (QED) is 0.284. The monoisotopic (exact) mass is 431 g/mol. The maximum Gasteiger partial charge on any atom is 0.145 e. The summed E-state index contributed by atoms with van der Waals surface area (Å²) in [5, 5.41) is 2.21. The molecule has 0 N–H and O–H groups in total. The third kappa shape index (κ3) is 3.21. The van der Waals surface area contributed by atoms with Crippen LogP contribution in [-0.4, -0.2) is 14.5 Å². The number of benzene rings is 3. The van der Waals surface area contributed by atoms with E-state index >= 15 is 0 Å². The Labute approximate surface area is 192 Å². The molecule has 0 saturated heterocycles. The molecule has 0 spiro atoms. The molecule has 0 aliphatic carbocycles. The Morgan fingerprint density at radius 1 is 0.818 bits per heavy atom. The number of fused-ring (bicyclic) bond motifs is 4. The van der Waals surface area contributed by atoms with Crippen molar-refractivity contribution in [1.29, 1.82) is 0 Å². The van der Waals surface area contributed by atoms with Gasteiger partial charge in [-0.15, -0.1) is 0 Å². The topological polar surface area (TPSA) is 43.9 Å². The lowest BCUT2D eigenvalue weighted by molar-refractivity contribution is 0.590. The van der Waals surface area contributed by atoms with Gasteiger partial charge >= 0.3 is 0 Å². The molecule has 3 heterocycles. The molecule has 0 aliphatic rings. The van der Waals surface area contributed by atoms with E-state index in [2.05, 4.69) is 72.8 Å². The normalized spacial score (nSPS) is 12.2. The summed E-state index contributed by atoms with van der Waals surface area (Å²) in [7, 11) is 0. The van der Waals surface area contributed by atoms with E-state index in [-0.39, 0.29) is 5.41 Å². The van der Waals surface area contributed by atoms with Crippen molar-refractivity contribution in [3.63, 3.8) is 0 Å². The summed E-state index contributed by atoms with van der Waals surface area (Å²) >= 11 is 0. The van der Waals surface area contributed by atoms with Gasteiger partial charge in [0.2, 0.25) is 0 Å². The minimum atomic E-state index is 0.102. The zero-order valence-corrected chi connectivity index (χ0v) is 19.3. The van der Waals surface area contributed by atoms with Crippen LogP contribution in [0.1, 0.15) is 32.0 Å². The molecule has 0 atom stereocenters. The van der Waals surface area contributed by atoms with Crippen molar-refractivity contribution < 1.29 is 4.42 Å². The molecule has 3 aromatic carbocycles. The number of hydrogen-bond acceptors (Lipinski definition) is 3. The number of pyridine rings is 1. The first-order valence-electron chi connectivity index (χ1n) is 11.3. The second-order valence-electron chi connectivity index (χ2n) is 9.69. The number of nitrogens with zero attached hydrogens (tertiary/aromatic N) is 3. The minimum Gasteiger partial charge on any atom is -0.456 e. The SMILES string of the molecule is Cc1cc2nc(-c3ccc4oc5ccccc5c4c3)n(-c3ccc(C(C)(C)C)cc3)c2cn1. The number of hydrogen-bond donors (Lipinski definition) is 0. The van der Waals surface area contributed by atoms with E-state index in [0.29, 0.717) is 0 Å². The van der Waals surface area contributed by atoms with Gasteiger partial charge in [0.05, 0.1) is 17.2 Å². The summed E-state index contributed by atoms with van der Waals surface area (Å²) in [5.41, 5.74) is 8.20. The highest BCUT2D eigenvalue weighted by atomic mass is 16.3. The molecule has 0 fully saturated rings. The average Bonchev–Trinajstić information content (AvgIpc) is 3.36. The van der Waals surface area contributed by atoms with Gasteiger partial charge in [-0.1, -0.05) is 51.1 Å². The molecule has 0 aliphatic heterocycles. The van der Waals surface area contributed by atoms with Crippen molar-refractivity contribution in [2.45, 2.75) is 33.1 Å². The van der Waals surface area contributed by atoms with E-state index in [1.165, 1.54) is 5.56 Å². The van der Waals surface area contributed by atoms with Gasteiger partial charge in [-0.3, -0.25) is 9.55 Å². The standard InChI is InChI=1S/C29H25N3O/c1-18-15-24-25(17-30-18)32(21-12-10-20(11-13-21)29(2,3)4)28(31-24)19-9-14-27-23(16-19)22-7-5-6-8-26(22)33-27/h5-17H,1-4H3. The molecule has 33 heavy (non-hydrogen) atoms. The predicted octanol–water partition coefficient (Wildman–Crippen LogP) is 7.59. The van der Waals surface area contributed by atoms with Crippen LogP contribution in [0.5, 0.6) is 0 Å². The maximum absolute atomic E-state index is 6.04. The largest absolute Gasteiger partial charge is 0.456 e. The number of imidazole rings is 1. The van der Waals surface area contributed by atoms with Crippen molar-refractivity contribution >= 4 is 33.0 Å².